The predicted molar refractivity (Wildman–Crippen MR) is 119 cm³/mol. The van der Waals surface area contributed by atoms with E-state index in [9.17, 15) is 0 Å². The minimum Gasteiger partial charge on any atom is -1.00 e. The molecule has 1 aliphatic rings. The Hall–Kier alpha value is -0.01000. The maximum atomic E-state index is 3.29. The molecule has 3 radical (unpaired) electrons. The van der Waals surface area contributed by atoms with Crippen molar-refractivity contribution in [2.75, 3.05) is 0 Å². The molecule has 2 aromatic carbocycles. The van der Waals surface area contributed by atoms with Crippen LogP contribution in [0.1, 0.15) is 77.0 Å². The van der Waals surface area contributed by atoms with Gasteiger partial charge in [-0.25, -0.2) is 11.1 Å². The first-order valence-corrected chi connectivity index (χ1v) is 10.7. The number of aryl methyl sites for hydroxylation is 1. The molecular weight excluding hydrogens is 490 g/mol. The van der Waals surface area contributed by atoms with Gasteiger partial charge in [0.15, 0.2) is 0 Å². The third-order valence-corrected chi connectivity index (χ3v) is 4.85. The Kier molecular flexibility index (Phi) is 18.3. The van der Waals surface area contributed by atoms with Crippen molar-refractivity contribution in [3.8, 4) is 0 Å². The van der Waals surface area contributed by atoms with Gasteiger partial charge in [0.1, 0.15) is 0 Å². The van der Waals surface area contributed by atoms with E-state index in [-0.39, 0.29) is 51.0 Å². The van der Waals surface area contributed by atoms with Gasteiger partial charge in [-0.1, -0.05) is 78.1 Å². The van der Waals surface area contributed by atoms with E-state index in [1.807, 2.05) is 0 Å². The van der Waals surface area contributed by atoms with Crippen molar-refractivity contribution in [3.05, 3.63) is 64.3 Å². The van der Waals surface area contributed by atoms with E-state index < -0.39 is 0 Å². The maximum Gasteiger partial charge on any atom is 4.00 e. The van der Waals surface area contributed by atoms with Crippen LogP contribution in [0.25, 0.3) is 10.8 Å². The molecule has 0 saturated carbocycles. The second-order valence-electron chi connectivity index (χ2n) is 7.86. The van der Waals surface area contributed by atoms with Gasteiger partial charge >= 0.3 is 26.2 Å². The number of benzene rings is 1. The van der Waals surface area contributed by atoms with Crippen molar-refractivity contribution < 1.29 is 51.0 Å². The van der Waals surface area contributed by atoms with Crippen LogP contribution in [0.2, 0.25) is 6.55 Å². The number of allylic oxidation sites excluding steroid dienone is 4. The molecule has 1 atom stereocenters. The van der Waals surface area contributed by atoms with Gasteiger partial charge < -0.3 is 24.8 Å². The molecule has 2 aromatic rings. The van der Waals surface area contributed by atoms with E-state index in [4.69, 9.17) is 0 Å². The topological polar surface area (TPSA) is 0 Å². The Morgan fingerprint density at radius 2 is 1.48 bits per heavy atom. The van der Waals surface area contributed by atoms with Crippen LogP contribution in [0.3, 0.4) is 0 Å². The van der Waals surface area contributed by atoms with E-state index in [2.05, 4.69) is 102 Å². The second-order valence-corrected chi connectivity index (χ2v) is 7.86. The van der Waals surface area contributed by atoms with Gasteiger partial charge in [-0.05, 0) is 11.8 Å². The average Bonchev–Trinajstić information content (AvgIpc) is 3.08. The van der Waals surface area contributed by atoms with E-state index in [0.717, 1.165) is 0 Å². The fourth-order valence-corrected chi connectivity index (χ4v) is 3.33. The molecule has 0 saturated heterocycles. The average molecular weight is 526 g/mol. The van der Waals surface area contributed by atoms with Gasteiger partial charge in [-0.3, -0.25) is 6.08 Å². The molecule has 1 unspecified atom stereocenters. The summed E-state index contributed by atoms with van der Waals surface area (Å²) in [7, 11) is 2.97. The van der Waals surface area contributed by atoms with Crippen LogP contribution in [-0.4, -0.2) is 10.2 Å². The van der Waals surface area contributed by atoms with Crippen molar-refractivity contribution in [1.29, 1.82) is 0 Å². The van der Waals surface area contributed by atoms with Crippen LogP contribution < -0.4 is 24.8 Å². The summed E-state index contributed by atoms with van der Waals surface area (Å²) in [5.41, 5.74) is 7.03. The third-order valence-electron chi connectivity index (χ3n) is 4.85. The molecule has 0 nitrogen and oxygen atoms in total. The van der Waals surface area contributed by atoms with E-state index in [1.54, 1.807) is 6.55 Å². The number of hydrogen-bond donors (Lipinski definition) is 0. The summed E-state index contributed by atoms with van der Waals surface area (Å²) in [6.07, 6.45) is 5.52. The summed E-state index contributed by atoms with van der Waals surface area (Å²) in [4.78, 5) is 0. The largest absolute Gasteiger partial charge is 4.00 e. The molecule has 3 rings (SSSR count). The van der Waals surface area contributed by atoms with Crippen molar-refractivity contribution in [2.45, 2.75) is 73.8 Å². The number of rotatable bonds is 2. The zero-order valence-electron chi connectivity index (χ0n) is 19.4. The Bertz CT molecular complexity index is 767. The van der Waals surface area contributed by atoms with Crippen LogP contribution in [-0.2, 0) is 26.2 Å². The standard InChI is InChI=1S/C16H21.C8H11.CH3Si.2ClH.Zr/c1-10(2)13-8-14-6-12(5)7-16(14)15(9-13)11(3)4;1-6-4-7(2)8(3)5-6;1-2;;;/h6-11H,1-5H3;4,6H,1-3H3;1H3;2*1H;/q2*-1;;;;+4/p-2. The molecule has 157 valence electrons. The zero-order chi connectivity index (χ0) is 20.0. The molecule has 0 fully saturated rings. The Balaban J connectivity index is -0.000000449. The van der Waals surface area contributed by atoms with Gasteiger partial charge in [-0.15, -0.1) is 35.4 Å². The normalized spacial score (nSPS) is 14.4. The summed E-state index contributed by atoms with van der Waals surface area (Å²) >= 11 is 0. The van der Waals surface area contributed by atoms with Gasteiger partial charge in [0, 0.05) is 10.2 Å². The minimum absolute atomic E-state index is 0. The number of fused-ring (bicyclic) bond motifs is 1. The maximum absolute atomic E-state index is 3.29. The van der Waals surface area contributed by atoms with Crippen molar-refractivity contribution >= 4 is 21.0 Å². The molecule has 0 amide bonds. The van der Waals surface area contributed by atoms with Crippen LogP contribution in [0.15, 0.2) is 41.5 Å². The smallest absolute Gasteiger partial charge is 1.00 e. The van der Waals surface area contributed by atoms with E-state index >= 15 is 0 Å². The quantitative estimate of drug-likeness (QED) is 0.413. The number of hydrogen-bond acceptors (Lipinski definition) is 0. The molecular formula is C25H35Cl2SiZr. The molecule has 29 heavy (non-hydrogen) atoms. The predicted octanol–water partition coefficient (Wildman–Crippen LogP) is 1.65. The first kappa shape index (κ1) is 33.6. The summed E-state index contributed by atoms with van der Waals surface area (Å²) < 4.78 is 0. The van der Waals surface area contributed by atoms with Gasteiger partial charge in [-0.2, -0.15) is 12.1 Å². The Labute approximate surface area is 214 Å². The summed E-state index contributed by atoms with van der Waals surface area (Å²) in [6.45, 7) is 19.5. The van der Waals surface area contributed by atoms with Crippen LogP contribution in [0, 0.1) is 18.9 Å². The molecule has 1 aliphatic carbocycles. The van der Waals surface area contributed by atoms with Crippen LogP contribution in [0.4, 0.5) is 0 Å². The van der Waals surface area contributed by atoms with Crippen molar-refractivity contribution in [1.82, 2.24) is 0 Å². The molecule has 0 aromatic heterocycles. The third kappa shape index (κ3) is 9.77. The monoisotopic (exact) mass is 523 g/mol. The first-order chi connectivity index (χ1) is 12.2. The molecule has 0 N–H and O–H groups in total. The van der Waals surface area contributed by atoms with Crippen LogP contribution in [0.5, 0.6) is 0 Å². The second kappa shape index (κ2) is 15.7. The Morgan fingerprint density at radius 1 is 0.931 bits per heavy atom. The fraction of sp³-hybridized carbons (Fsp3) is 0.480. The summed E-state index contributed by atoms with van der Waals surface area (Å²) in [5, 5.41) is 2.85. The SMILES string of the molecule is CC1=[C-]C(C)C=C1C.C[Si].Cc1cc2c(C(C)C)cc(C(C)C)cc2[cH-]1.[Cl-].[Cl-].[Zr+4]. The van der Waals surface area contributed by atoms with E-state index in [0.29, 0.717) is 17.8 Å². The number of halogens is 2. The van der Waals surface area contributed by atoms with Gasteiger partial charge in [0.05, 0.1) is 0 Å². The molecule has 0 bridgehead atoms. The fourth-order valence-electron chi connectivity index (χ4n) is 3.33. The van der Waals surface area contributed by atoms with Crippen LogP contribution >= 0.6 is 0 Å². The molecule has 0 aliphatic heterocycles. The van der Waals surface area contributed by atoms with E-state index in [1.165, 1.54) is 38.6 Å². The molecule has 0 spiro atoms. The summed E-state index contributed by atoms with van der Waals surface area (Å²) in [5.74, 6) is 1.76. The molecule has 4 heteroatoms. The summed E-state index contributed by atoms with van der Waals surface area (Å²) in [6, 6.07) is 9.35. The zero-order valence-corrected chi connectivity index (χ0v) is 24.3. The molecule has 0 heterocycles. The first-order valence-electron chi connectivity index (χ1n) is 9.68. The Morgan fingerprint density at radius 3 is 1.83 bits per heavy atom. The van der Waals surface area contributed by atoms with Gasteiger partial charge in [0.2, 0.25) is 0 Å². The van der Waals surface area contributed by atoms with Gasteiger partial charge in [0.25, 0.3) is 0 Å². The van der Waals surface area contributed by atoms with Crippen molar-refractivity contribution in [2.24, 2.45) is 5.92 Å². The minimum atomic E-state index is 0. The van der Waals surface area contributed by atoms with Crippen molar-refractivity contribution in [3.63, 3.8) is 0 Å².